The zero-order valence-electron chi connectivity index (χ0n) is 30.0. The fourth-order valence-corrected chi connectivity index (χ4v) is 9.42. The molecule has 0 aliphatic rings. The van der Waals surface area contributed by atoms with Gasteiger partial charge < -0.3 is 14.3 Å². The van der Waals surface area contributed by atoms with Crippen LogP contribution >= 0.6 is 11.3 Å². The molecule has 10 heteroatoms. The van der Waals surface area contributed by atoms with Crippen LogP contribution in [-0.4, -0.2) is 40.9 Å². The van der Waals surface area contributed by atoms with E-state index < -0.39 is 16.1 Å². The number of pyridine rings is 2. The number of benzene rings is 3. The summed E-state index contributed by atoms with van der Waals surface area (Å²) in [5.74, 6) is 2.12. The molecule has 0 N–H and O–H groups in total. The Labute approximate surface area is 315 Å². The van der Waals surface area contributed by atoms with E-state index in [4.69, 9.17) is 14.7 Å². The Morgan fingerprint density at radius 1 is 0.740 bits per heavy atom. The van der Waals surface area contributed by atoms with Gasteiger partial charge in [-0.15, -0.1) is 61.9 Å². The normalized spacial score (nSPS) is 12.3. The Bertz CT molecular complexity index is 2350. The molecule has 7 rings (SSSR count). The number of nitrogens with zero attached hydrogens (tertiary/aromatic N) is 5. The topological polar surface area (TPSA) is 65.7 Å². The van der Waals surface area contributed by atoms with E-state index >= 15 is 0 Å². The van der Waals surface area contributed by atoms with Crippen molar-refractivity contribution in [1.29, 1.82) is 0 Å². The summed E-state index contributed by atoms with van der Waals surface area (Å²) in [6.07, 6.45) is 3.74. The van der Waals surface area contributed by atoms with Gasteiger partial charge in [0.25, 0.3) is 0 Å². The first-order valence-corrected chi connectivity index (χ1v) is 24.5. The summed E-state index contributed by atoms with van der Waals surface area (Å²) in [6, 6.07) is 32.5. The summed E-state index contributed by atoms with van der Waals surface area (Å²) in [6.45, 7) is 20.6. The van der Waals surface area contributed by atoms with E-state index in [2.05, 4.69) is 148 Å². The molecular weight excluding hydrogens is 850 g/mol. The molecule has 3 aromatic carbocycles. The van der Waals surface area contributed by atoms with Gasteiger partial charge in [0.1, 0.15) is 18.9 Å². The molecule has 4 aromatic heterocycles. The Hall–Kier alpha value is -3.76. The third kappa shape index (κ3) is 7.19. The van der Waals surface area contributed by atoms with Crippen molar-refractivity contribution in [2.75, 3.05) is 0 Å². The first-order valence-electron chi connectivity index (χ1n) is 16.6. The van der Waals surface area contributed by atoms with Crippen LogP contribution in [0.1, 0.15) is 26.3 Å². The van der Waals surface area contributed by atoms with Gasteiger partial charge in [-0.05, 0) is 46.3 Å². The molecule has 0 bridgehead atoms. The minimum Gasteiger partial charge on any atom is -0.503 e. The molecular formula is C40H41N5OPtSSi2. The van der Waals surface area contributed by atoms with Crippen LogP contribution in [0, 0.1) is 12.1 Å². The van der Waals surface area contributed by atoms with Crippen molar-refractivity contribution in [2.45, 2.75) is 65.5 Å². The summed E-state index contributed by atoms with van der Waals surface area (Å²) in [5, 5.41) is 13.5. The van der Waals surface area contributed by atoms with Crippen molar-refractivity contribution in [3.8, 4) is 39.1 Å². The second-order valence-electron chi connectivity index (χ2n) is 15.7. The SMILES string of the molecule is CC(C)(C)c1ccnc(-n2c3[c-]c(Oc4[c-]c(-c5cc(-c6nnc([Si](C)(C)C)s6)ccn5)cc([Si](C)(C)C)c4)ccc3c3ccccc32)c1.[Pt+2]. The van der Waals surface area contributed by atoms with E-state index in [0.717, 1.165) is 54.1 Å². The molecule has 6 nitrogen and oxygen atoms in total. The molecule has 0 saturated heterocycles. The van der Waals surface area contributed by atoms with Crippen LogP contribution < -0.4 is 14.6 Å². The fourth-order valence-electron chi connectivity index (χ4n) is 5.82. The maximum absolute atomic E-state index is 6.64. The van der Waals surface area contributed by atoms with Crippen molar-refractivity contribution >= 4 is 59.1 Å². The predicted octanol–water partition coefficient (Wildman–Crippen LogP) is 9.54. The maximum Gasteiger partial charge on any atom is 2.00 e. The number of aromatic nitrogens is 5. The third-order valence-electron chi connectivity index (χ3n) is 8.68. The van der Waals surface area contributed by atoms with Gasteiger partial charge >= 0.3 is 21.1 Å². The summed E-state index contributed by atoms with van der Waals surface area (Å²) < 4.78 is 9.98. The molecule has 0 radical (unpaired) electrons. The molecule has 4 heterocycles. The molecule has 0 saturated carbocycles. The first kappa shape index (κ1) is 36.0. The van der Waals surface area contributed by atoms with Crippen LogP contribution in [0.2, 0.25) is 39.3 Å². The second kappa shape index (κ2) is 13.4. The molecule has 0 amide bonds. The van der Waals surface area contributed by atoms with E-state index in [9.17, 15) is 0 Å². The summed E-state index contributed by atoms with van der Waals surface area (Å²) in [5.41, 5.74) is 5.95. The van der Waals surface area contributed by atoms with Gasteiger partial charge in [0.15, 0.2) is 0 Å². The Kier molecular flexibility index (Phi) is 9.67. The van der Waals surface area contributed by atoms with Gasteiger partial charge in [0, 0.05) is 35.0 Å². The van der Waals surface area contributed by atoms with Crippen molar-refractivity contribution in [2.24, 2.45) is 0 Å². The van der Waals surface area contributed by atoms with E-state index in [-0.39, 0.29) is 26.5 Å². The largest absolute Gasteiger partial charge is 2.00 e. The monoisotopic (exact) mass is 890 g/mol. The van der Waals surface area contributed by atoms with E-state index in [1.165, 1.54) is 10.8 Å². The Balaban J connectivity index is 0.00000432. The predicted molar refractivity (Wildman–Crippen MR) is 210 cm³/mol. The average Bonchev–Trinajstić information content (AvgIpc) is 3.68. The van der Waals surface area contributed by atoms with Crippen LogP contribution in [-0.2, 0) is 26.5 Å². The standard InChI is InChI=1S/C40H41N5OSSi2.Pt/c1-40(2,3)28-17-19-42-37(23-28)45-35-13-11-10-12-32(35)33-15-14-29(25-36(33)45)46-30-20-27(21-31(24-30)48(4,5)6)34-22-26(16-18-41-34)38-43-44-39(47-38)49(7,8)9;/h10-19,21-24H,1-9H3;/q-2;+2. The molecule has 0 spiro atoms. The zero-order chi connectivity index (χ0) is 34.7. The van der Waals surface area contributed by atoms with Crippen molar-refractivity contribution in [1.82, 2.24) is 24.7 Å². The van der Waals surface area contributed by atoms with Crippen molar-refractivity contribution < 1.29 is 25.8 Å². The Morgan fingerprint density at radius 2 is 1.50 bits per heavy atom. The third-order valence-corrected chi connectivity index (χ3v) is 15.0. The quantitative estimate of drug-likeness (QED) is 0.118. The van der Waals surface area contributed by atoms with E-state index in [1.54, 1.807) is 11.3 Å². The molecule has 50 heavy (non-hydrogen) atoms. The van der Waals surface area contributed by atoms with Crippen LogP contribution in [0.4, 0.5) is 0 Å². The van der Waals surface area contributed by atoms with Crippen LogP contribution in [0.25, 0.3) is 49.5 Å². The van der Waals surface area contributed by atoms with Gasteiger partial charge in [-0.1, -0.05) is 95.9 Å². The molecule has 0 unspecified atom stereocenters. The fraction of sp³-hybridized carbons (Fsp3) is 0.250. The van der Waals surface area contributed by atoms with Crippen LogP contribution in [0.5, 0.6) is 11.5 Å². The molecule has 0 aliphatic heterocycles. The molecule has 0 aliphatic carbocycles. The smallest absolute Gasteiger partial charge is 0.503 e. The Morgan fingerprint density at radius 3 is 2.22 bits per heavy atom. The average molecular weight is 891 g/mol. The van der Waals surface area contributed by atoms with E-state index in [0.29, 0.717) is 11.5 Å². The summed E-state index contributed by atoms with van der Waals surface area (Å²) in [7, 11) is -3.30. The van der Waals surface area contributed by atoms with Gasteiger partial charge in [-0.25, -0.2) is 4.98 Å². The minimum absolute atomic E-state index is 0. The van der Waals surface area contributed by atoms with Gasteiger partial charge in [0.05, 0.1) is 12.7 Å². The molecule has 256 valence electrons. The zero-order valence-corrected chi connectivity index (χ0v) is 35.0. The van der Waals surface area contributed by atoms with Gasteiger partial charge in [-0.3, -0.25) is 0 Å². The van der Waals surface area contributed by atoms with Crippen molar-refractivity contribution in [3.05, 3.63) is 103 Å². The second-order valence-corrected chi connectivity index (χ2v) is 27.1. The number of para-hydroxylation sites is 1. The first-order chi connectivity index (χ1) is 23.1. The number of ether oxygens (including phenoxy) is 1. The maximum atomic E-state index is 6.64. The summed E-state index contributed by atoms with van der Waals surface area (Å²) in [4.78, 5) is 9.60. The summed E-state index contributed by atoms with van der Waals surface area (Å²) >= 11 is 1.69. The molecule has 0 atom stereocenters. The van der Waals surface area contributed by atoms with Gasteiger partial charge in [0.2, 0.25) is 0 Å². The minimum atomic E-state index is -1.75. The van der Waals surface area contributed by atoms with Gasteiger partial charge in [-0.2, -0.15) is 6.07 Å². The number of hydrogen-bond acceptors (Lipinski definition) is 6. The number of hydrogen-bond donors (Lipinski definition) is 0. The van der Waals surface area contributed by atoms with E-state index in [1.807, 2.05) is 24.5 Å². The molecule has 0 fully saturated rings. The number of fused-ring (bicyclic) bond motifs is 3. The van der Waals surface area contributed by atoms with Crippen LogP contribution in [0.15, 0.2) is 85.2 Å². The van der Waals surface area contributed by atoms with Crippen molar-refractivity contribution in [3.63, 3.8) is 0 Å². The number of rotatable bonds is 7. The molecule has 7 aromatic rings. The van der Waals surface area contributed by atoms with Crippen LogP contribution in [0.3, 0.4) is 0 Å².